The number of aromatic nitrogens is 2. The molecule has 1 saturated heterocycles. The van der Waals surface area contributed by atoms with Crippen molar-refractivity contribution in [1.82, 2.24) is 20.2 Å². The highest BCUT2D eigenvalue weighted by atomic mass is 16.5. The molecule has 2 amide bonds. The molecule has 1 aromatic carbocycles. The third-order valence-corrected chi connectivity index (χ3v) is 6.08. The number of carbonyl (C=O) groups excluding carboxylic acids is 1. The molecule has 0 radical (unpaired) electrons. The fourth-order valence-electron chi connectivity index (χ4n) is 4.08. The fourth-order valence-corrected chi connectivity index (χ4v) is 4.08. The van der Waals surface area contributed by atoms with E-state index in [1.54, 1.807) is 12.4 Å². The number of rotatable bonds is 6. The van der Waals surface area contributed by atoms with Gasteiger partial charge in [0.2, 0.25) is 5.88 Å². The van der Waals surface area contributed by atoms with Gasteiger partial charge in [-0.15, -0.1) is 0 Å². The zero-order chi connectivity index (χ0) is 23.0. The number of nitrogens with one attached hydrogen (secondary N) is 1. The van der Waals surface area contributed by atoms with E-state index in [0.717, 1.165) is 43.6 Å². The number of ether oxygens (including phenoxy) is 1. The molecular formula is C27H32N4O2. The monoisotopic (exact) mass is 444 g/mol. The minimum Gasteiger partial charge on any atom is -0.469 e. The molecule has 6 heteroatoms. The third-order valence-electron chi connectivity index (χ3n) is 6.08. The number of benzene rings is 1. The lowest BCUT2D eigenvalue weighted by Crippen LogP contribution is -2.44. The summed E-state index contributed by atoms with van der Waals surface area (Å²) in [6.07, 6.45) is 14.6. The van der Waals surface area contributed by atoms with Crippen molar-refractivity contribution in [2.24, 2.45) is 0 Å². The highest BCUT2D eigenvalue weighted by Gasteiger charge is 2.20. The first kappa shape index (κ1) is 22.8. The summed E-state index contributed by atoms with van der Waals surface area (Å²) in [6, 6.07) is 10.3. The predicted molar refractivity (Wildman–Crippen MR) is 130 cm³/mol. The van der Waals surface area contributed by atoms with E-state index in [1.165, 1.54) is 11.1 Å². The molecule has 0 spiro atoms. The molecule has 1 aliphatic carbocycles. The van der Waals surface area contributed by atoms with Crippen LogP contribution in [0.4, 0.5) is 4.79 Å². The van der Waals surface area contributed by atoms with Gasteiger partial charge in [0.15, 0.2) is 0 Å². The van der Waals surface area contributed by atoms with E-state index in [1.807, 2.05) is 30.0 Å². The summed E-state index contributed by atoms with van der Waals surface area (Å²) in [4.78, 5) is 23.1. The van der Waals surface area contributed by atoms with Gasteiger partial charge >= 0.3 is 6.03 Å². The molecule has 2 atom stereocenters. The van der Waals surface area contributed by atoms with E-state index in [2.05, 4.69) is 58.6 Å². The zero-order valence-corrected chi connectivity index (χ0v) is 19.4. The van der Waals surface area contributed by atoms with Crippen LogP contribution < -0.4 is 10.1 Å². The molecule has 1 aromatic heterocycles. The van der Waals surface area contributed by atoms with Gasteiger partial charge in [-0.25, -0.2) is 9.78 Å². The molecular weight excluding hydrogens is 412 g/mol. The molecule has 33 heavy (non-hydrogen) atoms. The Labute approximate surface area is 196 Å². The predicted octanol–water partition coefficient (Wildman–Crippen LogP) is 4.95. The van der Waals surface area contributed by atoms with E-state index < -0.39 is 0 Å². The molecule has 2 aromatic rings. The number of carbonyl (C=O) groups is 1. The van der Waals surface area contributed by atoms with Crippen molar-refractivity contribution in [1.29, 1.82) is 0 Å². The van der Waals surface area contributed by atoms with Crippen LogP contribution in [-0.4, -0.2) is 46.6 Å². The number of amides is 2. The van der Waals surface area contributed by atoms with Crippen LogP contribution in [0.15, 0.2) is 78.2 Å². The van der Waals surface area contributed by atoms with E-state index >= 15 is 0 Å². The van der Waals surface area contributed by atoms with Crippen molar-refractivity contribution in [2.75, 3.05) is 19.6 Å². The maximum Gasteiger partial charge on any atom is 0.317 e. The number of likely N-dealkylation sites (tertiary alicyclic amines) is 1. The number of hydrogen-bond donors (Lipinski definition) is 1. The van der Waals surface area contributed by atoms with E-state index in [-0.39, 0.29) is 12.1 Å². The molecule has 4 rings (SSSR count). The van der Waals surface area contributed by atoms with Crippen molar-refractivity contribution < 1.29 is 9.53 Å². The number of nitrogens with zero attached hydrogens (tertiary/aromatic N) is 3. The molecule has 0 bridgehead atoms. The van der Waals surface area contributed by atoms with Crippen LogP contribution in [0.3, 0.4) is 0 Å². The number of urea groups is 1. The largest absolute Gasteiger partial charge is 0.469 e. The van der Waals surface area contributed by atoms with Crippen LogP contribution >= 0.6 is 0 Å². The molecule has 1 fully saturated rings. The summed E-state index contributed by atoms with van der Waals surface area (Å²) in [7, 11) is 0. The lowest BCUT2D eigenvalue weighted by Gasteiger charge is -2.29. The van der Waals surface area contributed by atoms with Gasteiger partial charge in [0.05, 0.1) is 18.1 Å². The van der Waals surface area contributed by atoms with Crippen molar-refractivity contribution >= 4 is 6.03 Å². The van der Waals surface area contributed by atoms with Gasteiger partial charge in [-0.2, -0.15) is 0 Å². The first-order valence-corrected chi connectivity index (χ1v) is 11.7. The normalized spacial score (nSPS) is 19.0. The average Bonchev–Trinajstić information content (AvgIpc) is 2.85. The van der Waals surface area contributed by atoms with Crippen LogP contribution in [0.5, 0.6) is 5.88 Å². The second-order valence-electron chi connectivity index (χ2n) is 8.74. The van der Waals surface area contributed by atoms with Crippen molar-refractivity contribution in [3.63, 3.8) is 0 Å². The number of hydrogen-bond acceptors (Lipinski definition) is 4. The Morgan fingerprint density at radius 1 is 1.21 bits per heavy atom. The minimum atomic E-state index is -0.0451. The lowest BCUT2D eigenvalue weighted by molar-refractivity contribution is 0.193. The Morgan fingerprint density at radius 2 is 2.00 bits per heavy atom. The quantitative estimate of drug-likeness (QED) is 0.684. The van der Waals surface area contributed by atoms with Gasteiger partial charge in [-0.05, 0) is 42.9 Å². The summed E-state index contributed by atoms with van der Waals surface area (Å²) in [5.41, 5.74) is 4.63. The molecule has 2 aliphatic rings. The smallest absolute Gasteiger partial charge is 0.317 e. The number of allylic oxidation sites excluding steroid dienone is 3. The van der Waals surface area contributed by atoms with Crippen molar-refractivity contribution in [2.45, 2.75) is 45.1 Å². The first-order chi connectivity index (χ1) is 16.1. The average molecular weight is 445 g/mol. The Kier molecular flexibility index (Phi) is 7.55. The highest BCUT2D eigenvalue weighted by molar-refractivity contribution is 5.74. The third kappa shape index (κ3) is 6.54. The zero-order valence-electron chi connectivity index (χ0n) is 19.4. The topological polar surface area (TPSA) is 67.3 Å². The standard InChI is InChI=1S/C27H32N4O2/c1-20(24-8-4-3-5-9-24)17-30-27(32)31-13-11-22(12-14-31)15-23-7-6-10-25(16-23)33-26-19-28-21(2)18-29-26/h3-9,15-16,18-20,25H,10-14,17H2,1-2H3,(H,30,32)/t20-,25?/m1/s1. The van der Waals surface area contributed by atoms with Crippen molar-refractivity contribution in [3.8, 4) is 5.88 Å². The van der Waals surface area contributed by atoms with Gasteiger partial charge < -0.3 is 15.0 Å². The van der Waals surface area contributed by atoms with Gasteiger partial charge in [0, 0.05) is 26.1 Å². The lowest BCUT2D eigenvalue weighted by atomic mass is 9.97. The second kappa shape index (κ2) is 10.9. The summed E-state index contributed by atoms with van der Waals surface area (Å²) in [5.74, 6) is 0.839. The summed E-state index contributed by atoms with van der Waals surface area (Å²) >= 11 is 0. The van der Waals surface area contributed by atoms with E-state index in [0.29, 0.717) is 18.3 Å². The highest BCUT2D eigenvalue weighted by Crippen LogP contribution is 2.23. The Bertz CT molecular complexity index is 1020. The molecule has 6 nitrogen and oxygen atoms in total. The minimum absolute atomic E-state index is 0.0290. The van der Waals surface area contributed by atoms with Crippen LogP contribution in [0.1, 0.15) is 43.4 Å². The van der Waals surface area contributed by atoms with Crippen LogP contribution in [-0.2, 0) is 0 Å². The molecule has 1 unspecified atom stereocenters. The Hall–Kier alpha value is -3.41. The Balaban J connectivity index is 1.25. The maximum atomic E-state index is 12.6. The van der Waals surface area contributed by atoms with E-state index in [4.69, 9.17) is 4.74 Å². The Morgan fingerprint density at radius 3 is 2.73 bits per heavy atom. The molecule has 1 N–H and O–H groups in total. The molecule has 0 saturated carbocycles. The SMILES string of the molecule is Cc1cnc(OC2C=C(C=C3CCN(C(=O)NC[C@@H](C)c4ccccc4)CC3)C=CC2)cn1. The van der Waals surface area contributed by atoms with Crippen molar-refractivity contribution in [3.05, 3.63) is 89.4 Å². The van der Waals surface area contributed by atoms with Crippen LogP contribution in [0.25, 0.3) is 0 Å². The first-order valence-electron chi connectivity index (χ1n) is 11.7. The van der Waals surface area contributed by atoms with Gasteiger partial charge in [0.25, 0.3) is 0 Å². The second-order valence-corrected chi connectivity index (χ2v) is 8.74. The summed E-state index contributed by atoms with van der Waals surface area (Å²) in [6.45, 7) is 6.18. The number of piperidine rings is 1. The summed E-state index contributed by atoms with van der Waals surface area (Å²) in [5, 5.41) is 3.10. The van der Waals surface area contributed by atoms with E-state index in [9.17, 15) is 4.79 Å². The fraction of sp³-hybridized carbons (Fsp3) is 0.370. The summed E-state index contributed by atoms with van der Waals surface area (Å²) < 4.78 is 5.96. The molecule has 172 valence electrons. The van der Waals surface area contributed by atoms with Gasteiger partial charge in [-0.1, -0.05) is 61.1 Å². The van der Waals surface area contributed by atoms with Crippen LogP contribution in [0, 0.1) is 6.92 Å². The molecule has 1 aliphatic heterocycles. The number of aryl methyl sites for hydroxylation is 1. The van der Waals surface area contributed by atoms with Gasteiger partial charge in [0.1, 0.15) is 6.10 Å². The maximum absolute atomic E-state index is 12.6. The van der Waals surface area contributed by atoms with Crippen LogP contribution in [0.2, 0.25) is 0 Å². The van der Waals surface area contributed by atoms with Gasteiger partial charge in [-0.3, -0.25) is 4.98 Å². The molecule has 2 heterocycles.